The van der Waals surface area contributed by atoms with Crippen molar-refractivity contribution >= 4 is 44.0 Å². The number of benzene rings is 2. The number of halogens is 1. The highest BCUT2D eigenvalue weighted by Gasteiger charge is 2.14. The van der Waals surface area contributed by atoms with Crippen LogP contribution < -0.4 is 5.32 Å². The Morgan fingerprint density at radius 1 is 1.17 bits per heavy atom. The lowest BCUT2D eigenvalue weighted by Crippen LogP contribution is -2.11. The molecule has 0 spiro atoms. The van der Waals surface area contributed by atoms with Gasteiger partial charge in [0.15, 0.2) is 0 Å². The summed E-state index contributed by atoms with van der Waals surface area (Å²) in [6.45, 7) is 0. The highest BCUT2D eigenvalue weighted by Crippen LogP contribution is 2.27. The van der Waals surface area contributed by atoms with Gasteiger partial charge in [-0.1, -0.05) is 45.5 Å². The predicted molar refractivity (Wildman–Crippen MR) is 94.1 cm³/mol. The van der Waals surface area contributed by atoms with E-state index in [1.165, 1.54) is 35.6 Å². The summed E-state index contributed by atoms with van der Waals surface area (Å²) in [6.07, 6.45) is 0. The van der Waals surface area contributed by atoms with E-state index < -0.39 is 10.8 Å². The van der Waals surface area contributed by atoms with E-state index in [4.69, 9.17) is 0 Å². The maximum absolute atomic E-state index is 12.2. The Morgan fingerprint density at radius 3 is 2.62 bits per heavy atom. The first-order chi connectivity index (χ1) is 11.5. The number of hydrogen-bond acceptors (Lipinski definition) is 6. The van der Waals surface area contributed by atoms with E-state index in [1.807, 2.05) is 24.3 Å². The van der Waals surface area contributed by atoms with E-state index in [0.29, 0.717) is 10.1 Å². The van der Waals surface area contributed by atoms with Crippen LogP contribution in [0.2, 0.25) is 0 Å². The van der Waals surface area contributed by atoms with Crippen molar-refractivity contribution in [3.63, 3.8) is 0 Å². The smallest absolute Gasteiger partial charge is 0.270 e. The topological polar surface area (TPSA) is 98.0 Å². The Hall–Kier alpha value is -2.65. The zero-order valence-electron chi connectivity index (χ0n) is 12.0. The van der Waals surface area contributed by atoms with Gasteiger partial charge in [0, 0.05) is 27.7 Å². The summed E-state index contributed by atoms with van der Waals surface area (Å²) in [5.74, 6) is -0.475. The second kappa shape index (κ2) is 6.85. The third-order valence-electron chi connectivity index (χ3n) is 3.06. The highest BCUT2D eigenvalue weighted by molar-refractivity contribution is 9.10. The molecule has 0 bridgehead atoms. The summed E-state index contributed by atoms with van der Waals surface area (Å²) in [5.41, 5.74) is 0.923. The van der Waals surface area contributed by atoms with Crippen molar-refractivity contribution < 1.29 is 9.72 Å². The quantitative estimate of drug-likeness (QED) is 0.520. The number of nitrogens with zero attached hydrogens (tertiary/aromatic N) is 3. The molecule has 1 N–H and O–H groups in total. The number of nitrogens with one attached hydrogen (secondary N) is 1. The van der Waals surface area contributed by atoms with Crippen LogP contribution in [-0.4, -0.2) is 21.0 Å². The average Bonchev–Trinajstić information content (AvgIpc) is 3.04. The first-order valence-corrected chi connectivity index (χ1v) is 8.29. The summed E-state index contributed by atoms with van der Waals surface area (Å²) in [5, 5.41) is 22.3. The molecule has 3 aromatic rings. The van der Waals surface area contributed by atoms with Crippen LogP contribution in [0.4, 0.5) is 10.8 Å². The first-order valence-electron chi connectivity index (χ1n) is 6.68. The number of carbonyl (C=O) groups excluding carboxylic acids is 1. The number of anilines is 1. The fourth-order valence-electron chi connectivity index (χ4n) is 1.91. The lowest BCUT2D eigenvalue weighted by Gasteiger charge is -2.00. The zero-order valence-corrected chi connectivity index (χ0v) is 14.4. The molecule has 2 aromatic carbocycles. The number of aromatic nitrogens is 2. The van der Waals surface area contributed by atoms with Crippen molar-refractivity contribution in [1.82, 2.24) is 10.2 Å². The number of nitro benzene ring substituents is 1. The van der Waals surface area contributed by atoms with Crippen LogP contribution in [0.1, 0.15) is 10.4 Å². The summed E-state index contributed by atoms with van der Waals surface area (Å²) < 4.78 is 0.954. The van der Waals surface area contributed by atoms with E-state index in [9.17, 15) is 14.9 Å². The number of nitro groups is 1. The van der Waals surface area contributed by atoms with Crippen LogP contribution in [0, 0.1) is 10.1 Å². The van der Waals surface area contributed by atoms with Crippen LogP contribution in [0.5, 0.6) is 0 Å². The number of carbonyl (C=O) groups is 1. The van der Waals surface area contributed by atoms with Gasteiger partial charge < -0.3 is 0 Å². The Kier molecular flexibility index (Phi) is 4.63. The highest BCUT2D eigenvalue weighted by atomic mass is 79.9. The summed E-state index contributed by atoms with van der Waals surface area (Å²) in [6, 6.07) is 13.0. The van der Waals surface area contributed by atoms with Crippen LogP contribution in [-0.2, 0) is 0 Å². The molecule has 3 rings (SSSR count). The van der Waals surface area contributed by atoms with Gasteiger partial charge in [0.25, 0.3) is 11.6 Å². The molecule has 0 aliphatic carbocycles. The Labute approximate surface area is 148 Å². The fraction of sp³-hybridized carbons (Fsp3) is 0. The molecule has 7 nitrogen and oxygen atoms in total. The third kappa shape index (κ3) is 3.63. The van der Waals surface area contributed by atoms with Gasteiger partial charge >= 0.3 is 0 Å². The minimum Gasteiger partial charge on any atom is -0.296 e. The second-order valence-electron chi connectivity index (χ2n) is 4.68. The van der Waals surface area contributed by atoms with E-state index in [1.54, 1.807) is 0 Å². The number of rotatable bonds is 4. The molecule has 0 atom stereocenters. The minimum absolute atomic E-state index is 0.143. The van der Waals surface area contributed by atoms with Gasteiger partial charge in [-0.2, -0.15) is 0 Å². The predicted octanol–water partition coefficient (Wildman–Crippen LogP) is 4.13. The fourth-order valence-corrected chi connectivity index (χ4v) is 2.92. The maximum atomic E-state index is 12.2. The van der Waals surface area contributed by atoms with Crippen molar-refractivity contribution in [1.29, 1.82) is 0 Å². The number of amides is 1. The average molecular weight is 405 g/mol. The van der Waals surface area contributed by atoms with E-state index >= 15 is 0 Å². The molecule has 0 unspecified atom stereocenters. The minimum atomic E-state index is -0.548. The molecule has 0 fully saturated rings. The van der Waals surface area contributed by atoms with Gasteiger partial charge in [0.1, 0.15) is 5.01 Å². The van der Waals surface area contributed by atoms with Crippen LogP contribution >= 0.6 is 27.3 Å². The van der Waals surface area contributed by atoms with Crippen molar-refractivity contribution in [2.24, 2.45) is 0 Å². The van der Waals surface area contributed by atoms with E-state index in [2.05, 4.69) is 31.4 Å². The Balaban J connectivity index is 1.77. The Morgan fingerprint density at radius 2 is 1.92 bits per heavy atom. The second-order valence-corrected chi connectivity index (χ2v) is 6.57. The molecule has 0 radical (unpaired) electrons. The van der Waals surface area contributed by atoms with Gasteiger partial charge in [-0.15, -0.1) is 10.2 Å². The molecule has 24 heavy (non-hydrogen) atoms. The van der Waals surface area contributed by atoms with Crippen LogP contribution in [0.25, 0.3) is 10.6 Å². The standard InChI is InChI=1S/C15H9BrN4O3S/c16-11-6-4-9(5-7-11)14-18-19-15(24-14)17-13(21)10-2-1-3-12(8-10)20(22)23/h1-8H,(H,17,19,21). The molecule has 0 saturated carbocycles. The molecule has 1 heterocycles. The largest absolute Gasteiger partial charge is 0.296 e. The van der Waals surface area contributed by atoms with E-state index in [0.717, 1.165) is 10.0 Å². The van der Waals surface area contributed by atoms with Gasteiger partial charge in [-0.05, 0) is 18.2 Å². The van der Waals surface area contributed by atoms with Gasteiger partial charge in [0.05, 0.1) is 4.92 Å². The van der Waals surface area contributed by atoms with Crippen LogP contribution in [0.15, 0.2) is 53.0 Å². The molecule has 0 saturated heterocycles. The van der Waals surface area contributed by atoms with Crippen molar-refractivity contribution in [3.05, 3.63) is 68.7 Å². The third-order valence-corrected chi connectivity index (χ3v) is 4.47. The SMILES string of the molecule is O=C(Nc1nnc(-c2ccc(Br)cc2)s1)c1cccc([N+](=O)[O-])c1. The van der Waals surface area contributed by atoms with Gasteiger partial charge in [0.2, 0.25) is 5.13 Å². The summed E-state index contributed by atoms with van der Waals surface area (Å²) in [7, 11) is 0. The molecule has 120 valence electrons. The van der Waals surface area contributed by atoms with Crippen molar-refractivity contribution in [2.45, 2.75) is 0 Å². The molecule has 1 aromatic heterocycles. The lowest BCUT2D eigenvalue weighted by atomic mass is 10.2. The molecule has 0 aliphatic heterocycles. The summed E-state index contributed by atoms with van der Waals surface area (Å²) in [4.78, 5) is 22.4. The lowest BCUT2D eigenvalue weighted by molar-refractivity contribution is -0.384. The molecular weight excluding hydrogens is 396 g/mol. The molecule has 1 amide bonds. The van der Waals surface area contributed by atoms with Crippen LogP contribution in [0.3, 0.4) is 0 Å². The Bertz CT molecular complexity index is 911. The zero-order chi connectivity index (χ0) is 17.1. The molecular formula is C15H9BrN4O3S. The van der Waals surface area contributed by atoms with Gasteiger partial charge in [-0.25, -0.2) is 0 Å². The van der Waals surface area contributed by atoms with E-state index in [-0.39, 0.29) is 11.3 Å². The first kappa shape index (κ1) is 16.2. The summed E-state index contributed by atoms with van der Waals surface area (Å²) >= 11 is 4.58. The van der Waals surface area contributed by atoms with Crippen molar-refractivity contribution in [3.8, 4) is 10.6 Å². The van der Waals surface area contributed by atoms with Gasteiger partial charge in [-0.3, -0.25) is 20.2 Å². The van der Waals surface area contributed by atoms with Crippen molar-refractivity contribution in [2.75, 3.05) is 5.32 Å². The maximum Gasteiger partial charge on any atom is 0.270 e. The number of hydrogen-bond donors (Lipinski definition) is 1. The normalized spacial score (nSPS) is 10.4. The number of non-ortho nitro benzene ring substituents is 1. The monoisotopic (exact) mass is 404 g/mol. The molecule has 9 heteroatoms. The molecule has 0 aliphatic rings.